The average Bonchev–Trinajstić information content (AvgIpc) is 2.25. The number of hydrogen-bond donors (Lipinski definition) is 2. The van der Waals surface area contributed by atoms with Crippen molar-refractivity contribution in [3.8, 4) is 0 Å². The van der Waals surface area contributed by atoms with Gasteiger partial charge in [0.2, 0.25) is 5.91 Å². The first-order chi connectivity index (χ1) is 7.42. The summed E-state index contributed by atoms with van der Waals surface area (Å²) in [6.07, 6.45) is 1.09. The summed E-state index contributed by atoms with van der Waals surface area (Å²) in [5, 5.41) is 2.61. The minimum absolute atomic E-state index is 0.294. The summed E-state index contributed by atoms with van der Waals surface area (Å²) in [5.41, 5.74) is 5.57. The second-order valence-corrected chi connectivity index (χ2v) is 4.23. The van der Waals surface area contributed by atoms with Gasteiger partial charge in [0, 0.05) is 0 Å². The van der Waals surface area contributed by atoms with Gasteiger partial charge in [0.25, 0.3) is 0 Å². The second-order valence-electron chi connectivity index (χ2n) is 4.23. The quantitative estimate of drug-likeness (QED) is 0.648. The highest BCUT2D eigenvalue weighted by atomic mass is 16.5. The van der Waals surface area contributed by atoms with E-state index in [-0.39, 0.29) is 5.91 Å². The first-order valence-corrected chi connectivity index (χ1v) is 5.56. The van der Waals surface area contributed by atoms with E-state index < -0.39 is 18.1 Å². The van der Waals surface area contributed by atoms with Crippen LogP contribution in [0.1, 0.15) is 33.6 Å². The van der Waals surface area contributed by atoms with Gasteiger partial charge in [0.1, 0.15) is 6.04 Å². The Balaban J connectivity index is 4.42. The van der Waals surface area contributed by atoms with Gasteiger partial charge in [-0.05, 0) is 18.8 Å². The van der Waals surface area contributed by atoms with Gasteiger partial charge >= 0.3 is 5.97 Å². The van der Waals surface area contributed by atoms with Crippen molar-refractivity contribution in [3.05, 3.63) is 0 Å². The van der Waals surface area contributed by atoms with E-state index in [1.165, 1.54) is 7.11 Å². The molecule has 0 aliphatic heterocycles. The van der Waals surface area contributed by atoms with E-state index in [2.05, 4.69) is 10.1 Å². The molecule has 5 heteroatoms. The highest BCUT2D eigenvalue weighted by Crippen LogP contribution is 2.06. The van der Waals surface area contributed by atoms with Crippen LogP contribution in [0.25, 0.3) is 0 Å². The maximum atomic E-state index is 11.5. The third-order valence-electron chi connectivity index (χ3n) is 2.29. The number of nitrogens with two attached hydrogens (primary N) is 1. The number of ether oxygens (including phenoxy) is 1. The van der Waals surface area contributed by atoms with Crippen LogP contribution in [-0.4, -0.2) is 31.1 Å². The molecular formula is C11H22N2O3. The molecule has 0 aliphatic carbocycles. The van der Waals surface area contributed by atoms with Crippen LogP contribution >= 0.6 is 0 Å². The molecule has 2 atom stereocenters. The molecule has 0 aromatic rings. The molecule has 0 spiro atoms. The lowest BCUT2D eigenvalue weighted by Gasteiger charge is -2.20. The van der Waals surface area contributed by atoms with Crippen LogP contribution in [0.2, 0.25) is 0 Å². The first-order valence-electron chi connectivity index (χ1n) is 5.56. The molecule has 0 heterocycles. The average molecular weight is 230 g/mol. The fourth-order valence-electron chi connectivity index (χ4n) is 1.29. The van der Waals surface area contributed by atoms with Gasteiger partial charge in [-0.25, -0.2) is 4.79 Å². The zero-order chi connectivity index (χ0) is 12.7. The smallest absolute Gasteiger partial charge is 0.328 e. The molecule has 0 aromatic heterocycles. The second kappa shape index (κ2) is 7.22. The number of esters is 1. The molecule has 1 unspecified atom stereocenters. The number of methoxy groups -OCH3 is 1. The standard InChI is InChI=1S/C11H22N2O3/c1-5-8(12)10(14)13-9(6-7(2)3)11(15)16-4/h7-9H,5-6,12H2,1-4H3,(H,13,14)/t8-,9?/m0/s1. The third kappa shape index (κ3) is 5.11. The number of carbonyl (C=O) groups is 2. The monoisotopic (exact) mass is 230 g/mol. The summed E-state index contributed by atoms with van der Waals surface area (Å²) in [4.78, 5) is 23.0. The van der Waals surface area contributed by atoms with Crippen molar-refractivity contribution in [1.29, 1.82) is 0 Å². The Labute approximate surface area is 96.7 Å². The predicted molar refractivity (Wildman–Crippen MR) is 61.7 cm³/mol. The summed E-state index contributed by atoms with van der Waals surface area (Å²) < 4.78 is 4.63. The summed E-state index contributed by atoms with van der Waals surface area (Å²) in [5.74, 6) is -0.439. The summed E-state index contributed by atoms with van der Waals surface area (Å²) in [7, 11) is 1.31. The van der Waals surface area contributed by atoms with Crippen molar-refractivity contribution in [2.75, 3.05) is 7.11 Å². The Morgan fingerprint density at radius 1 is 1.38 bits per heavy atom. The third-order valence-corrected chi connectivity index (χ3v) is 2.29. The van der Waals surface area contributed by atoms with Crippen LogP contribution in [-0.2, 0) is 14.3 Å². The van der Waals surface area contributed by atoms with Crippen molar-refractivity contribution in [1.82, 2.24) is 5.32 Å². The molecule has 0 aliphatic rings. The molecule has 16 heavy (non-hydrogen) atoms. The van der Waals surface area contributed by atoms with E-state index in [1.807, 2.05) is 20.8 Å². The van der Waals surface area contributed by atoms with Crippen molar-refractivity contribution in [2.45, 2.75) is 45.7 Å². The molecule has 0 radical (unpaired) electrons. The molecule has 3 N–H and O–H groups in total. The van der Waals surface area contributed by atoms with Gasteiger partial charge in [-0.15, -0.1) is 0 Å². The summed E-state index contributed by atoms with van der Waals surface area (Å²) >= 11 is 0. The van der Waals surface area contributed by atoms with Gasteiger partial charge < -0.3 is 15.8 Å². The Hall–Kier alpha value is -1.10. The number of rotatable bonds is 6. The fourth-order valence-corrected chi connectivity index (χ4v) is 1.29. The van der Waals surface area contributed by atoms with E-state index >= 15 is 0 Å². The molecule has 5 nitrogen and oxygen atoms in total. The van der Waals surface area contributed by atoms with E-state index in [9.17, 15) is 9.59 Å². The van der Waals surface area contributed by atoms with E-state index in [0.717, 1.165) is 0 Å². The minimum Gasteiger partial charge on any atom is -0.467 e. The molecule has 0 aromatic carbocycles. The van der Waals surface area contributed by atoms with Crippen molar-refractivity contribution < 1.29 is 14.3 Å². The van der Waals surface area contributed by atoms with Gasteiger partial charge in [-0.1, -0.05) is 20.8 Å². The van der Waals surface area contributed by atoms with E-state index in [0.29, 0.717) is 18.8 Å². The fraction of sp³-hybridized carbons (Fsp3) is 0.818. The minimum atomic E-state index is -0.602. The summed E-state index contributed by atoms with van der Waals surface area (Å²) in [6.45, 7) is 5.77. The molecule has 1 amide bonds. The lowest BCUT2D eigenvalue weighted by atomic mass is 10.0. The Morgan fingerprint density at radius 2 is 1.94 bits per heavy atom. The van der Waals surface area contributed by atoms with Gasteiger partial charge in [0.15, 0.2) is 0 Å². The largest absolute Gasteiger partial charge is 0.467 e. The van der Waals surface area contributed by atoms with Crippen LogP contribution in [0, 0.1) is 5.92 Å². The van der Waals surface area contributed by atoms with Crippen LogP contribution in [0.3, 0.4) is 0 Å². The van der Waals surface area contributed by atoms with Crippen LogP contribution in [0.15, 0.2) is 0 Å². The zero-order valence-electron chi connectivity index (χ0n) is 10.4. The molecule has 0 saturated carbocycles. The van der Waals surface area contributed by atoms with Crippen LogP contribution in [0.5, 0.6) is 0 Å². The van der Waals surface area contributed by atoms with Gasteiger partial charge in [0.05, 0.1) is 13.2 Å². The van der Waals surface area contributed by atoms with Crippen LogP contribution in [0.4, 0.5) is 0 Å². The molecule has 94 valence electrons. The molecule has 0 bridgehead atoms. The van der Waals surface area contributed by atoms with E-state index in [1.54, 1.807) is 0 Å². The number of amides is 1. The Bertz CT molecular complexity index is 241. The highest BCUT2D eigenvalue weighted by molar-refractivity contribution is 5.87. The molecule has 0 saturated heterocycles. The first kappa shape index (κ1) is 14.9. The topological polar surface area (TPSA) is 81.4 Å². The van der Waals surface area contributed by atoms with Crippen molar-refractivity contribution >= 4 is 11.9 Å². The molecule has 0 fully saturated rings. The number of nitrogens with one attached hydrogen (secondary N) is 1. The number of hydrogen-bond acceptors (Lipinski definition) is 4. The van der Waals surface area contributed by atoms with Crippen molar-refractivity contribution in [2.24, 2.45) is 11.7 Å². The zero-order valence-corrected chi connectivity index (χ0v) is 10.4. The van der Waals surface area contributed by atoms with Gasteiger partial charge in [-0.3, -0.25) is 4.79 Å². The summed E-state index contributed by atoms with van der Waals surface area (Å²) in [6, 6.07) is -1.17. The predicted octanol–water partition coefficient (Wildman–Crippen LogP) is 0.428. The SMILES string of the molecule is CC[C@H](N)C(=O)NC(CC(C)C)C(=O)OC. The maximum absolute atomic E-state index is 11.5. The maximum Gasteiger partial charge on any atom is 0.328 e. The van der Waals surface area contributed by atoms with Crippen molar-refractivity contribution in [3.63, 3.8) is 0 Å². The molecular weight excluding hydrogens is 208 g/mol. The molecule has 0 rings (SSSR count). The van der Waals surface area contributed by atoms with Gasteiger partial charge in [-0.2, -0.15) is 0 Å². The lowest BCUT2D eigenvalue weighted by molar-refractivity contribution is -0.145. The van der Waals surface area contributed by atoms with Crippen LogP contribution < -0.4 is 11.1 Å². The van der Waals surface area contributed by atoms with E-state index in [4.69, 9.17) is 5.73 Å². The highest BCUT2D eigenvalue weighted by Gasteiger charge is 2.24. The Morgan fingerprint density at radius 3 is 2.31 bits per heavy atom. The Kier molecular flexibility index (Phi) is 6.72. The number of carbonyl (C=O) groups excluding carboxylic acids is 2. The lowest BCUT2D eigenvalue weighted by Crippen LogP contribution is -2.49. The normalized spacial score (nSPS) is 14.4.